The van der Waals surface area contributed by atoms with E-state index in [0.29, 0.717) is 17.8 Å². The molecular formula is C15H17N3O. The van der Waals surface area contributed by atoms with Crippen LogP contribution in [-0.4, -0.2) is 22.8 Å². The molecule has 0 spiro atoms. The molecule has 4 heteroatoms. The molecule has 0 radical (unpaired) electrons. The van der Waals surface area contributed by atoms with Crippen molar-refractivity contribution in [3.63, 3.8) is 0 Å². The fraction of sp³-hybridized carbons (Fsp3) is 0.200. The largest absolute Gasteiger partial charge is 0.399 e. The lowest BCUT2D eigenvalue weighted by atomic mass is 10.1. The first-order chi connectivity index (χ1) is 9.06. The van der Waals surface area contributed by atoms with Gasteiger partial charge in [0.2, 0.25) is 0 Å². The summed E-state index contributed by atoms with van der Waals surface area (Å²) in [5.41, 5.74) is 8.93. The highest BCUT2D eigenvalue weighted by atomic mass is 16.2. The molecule has 2 aromatic rings. The number of hydrogen-bond acceptors (Lipinski definition) is 3. The normalized spacial score (nSPS) is 10.2. The second-order valence-corrected chi connectivity index (χ2v) is 4.59. The Bertz CT molecular complexity index is 578. The Balaban J connectivity index is 2.09. The summed E-state index contributed by atoms with van der Waals surface area (Å²) >= 11 is 0. The number of rotatable bonds is 3. The van der Waals surface area contributed by atoms with Gasteiger partial charge in [0.1, 0.15) is 0 Å². The van der Waals surface area contributed by atoms with E-state index >= 15 is 0 Å². The summed E-state index contributed by atoms with van der Waals surface area (Å²) in [4.78, 5) is 18.0. The second kappa shape index (κ2) is 5.52. The van der Waals surface area contributed by atoms with Gasteiger partial charge < -0.3 is 10.6 Å². The van der Waals surface area contributed by atoms with Crippen LogP contribution in [0.25, 0.3) is 0 Å². The van der Waals surface area contributed by atoms with Crippen molar-refractivity contribution >= 4 is 11.6 Å². The average Bonchev–Trinajstić information content (AvgIpc) is 2.39. The van der Waals surface area contributed by atoms with Crippen molar-refractivity contribution in [2.45, 2.75) is 13.5 Å². The van der Waals surface area contributed by atoms with E-state index in [1.807, 2.05) is 37.3 Å². The maximum absolute atomic E-state index is 12.2. The summed E-state index contributed by atoms with van der Waals surface area (Å²) in [5, 5.41) is 0. The fourth-order valence-electron chi connectivity index (χ4n) is 1.85. The van der Waals surface area contributed by atoms with Crippen molar-refractivity contribution in [3.8, 4) is 0 Å². The first-order valence-electron chi connectivity index (χ1n) is 6.09. The van der Waals surface area contributed by atoms with Gasteiger partial charge in [0.15, 0.2) is 0 Å². The molecule has 2 N–H and O–H groups in total. The Morgan fingerprint density at radius 1 is 1.32 bits per heavy atom. The maximum atomic E-state index is 12.2. The predicted molar refractivity (Wildman–Crippen MR) is 75.6 cm³/mol. The summed E-state index contributed by atoms with van der Waals surface area (Å²) in [5.74, 6) is -0.0464. The van der Waals surface area contributed by atoms with Crippen LogP contribution in [0, 0.1) is 6.92 Å². The van der Waals surface area contributed by atoms with E-state index in [1.165, 1.54) is 0 Å². The number of amides is 1. The van der Waals surface area contributed by atoms with Gasteiger partial charge in [-0.05, 0) is 36.8 Å². The van der Waals surface area contributed by atoms with E-state index < -0.39 is 0 Å². The van der Waals surface area contributed by atoms with Gasteiger partial charge in [-0.2, -0.15) is 0 Å². The van der Waals surface area contributed by atoms with Crippen molar-refractivity contribution in [2.24, 2.45) is 0 Å². The van der Waals surface area contributed by atoms with Crippen LogP contribution in [0.15, 0.2) is 42.6 Å². The molecule has 19 heavy (non-hydrogen) atoms. The number of aromatic nitrogens is 1. The minimum atomic E-state index is -0.0464. The maximum Gasteiger partial charge on any atom is 0.255 e. The molecule has 0 unspecified atom stereocenters. The van der Waals surface area contributed by atoms with E-state index in [2.05, 4.69) is 4.98 Å². The lowest BCUT2D eigenvalue weighted by Crippen LogP contribution is -2.26. The molecule has 0 aliphatic carbocycles. The summed E-state index contributed by atoms with van der Waals surface area (Å²) in [6.07, 6.45) is 1.60. The third-order valence-electron chi connectivity index (χ3n) is 2.88. The Labute approximate surface area is 112 Å². The smallest absolute Gasteiger partial charge is 0.255 e. The van der Waals surface area contributed by atoms with Crippen LogP contribution in [0.1, 0.15) is 21.6 Å². The van der Waals surface area contributed by atoms with Gasteiger partial charge in [-0.1, -0.05) is 12.1 Å². The number of aryl methyl sites for hydroxylation is 1. The molecule has 0 aliphatic rings. The van der Waals surface area contributed by atoms with E-state index in [4.69, 9.17) is 5.73 Å². The van der Waals surface area contributed by atoms with Crippen molar-refractivity contribution < 1.29 is 4.79 Å². The Morgan fingerprint density at radius 2 is 2.11 bits per heavy atom. The van der Waals surface area contributed by atoms with Gasteiger partial charge in [-0.3, -0.25) is 9.78 Å². The third kappa shape index (κ3) is 3.31. The second-order valence-electron chi connectivity index (χ2n) is 4.59. The van der Waals surface area contributed by atoms with Crippen LogP contribution in [0.2, 0.25) is 0 Å². The van der Waals surface area contributed by atoms with Crippen molar-refractivity contribution in [1.82, 2.24) is 9.88 Å². The van der Waals surface area contributed by atoms with Crippen LogP contribution in [0.5, 0.6) is 0 Å². The molecule has 0 aliphatic heterocycles. The minimum Gasteiger partial charge on any atom is -0.399 e. The molecule has 98 valence electrons. The number of nitrogen functional groups attached to an aromatic ring is 1. The van der Waals surface area contributed by atoms with E-state index in [-0.39, 0.29) is 5.91 Å². The van der Waals surface area contributed by atoms with Gasteiger partial charge in [0.05, 0.1) is 5.56 Å². The van der Waals surface area contributed by atoms with Crippen molar-refractivity contribution in [1.29, 1.82) is 0 Å². The van der Waals surface area contributed by atoms with Gasteiger partial charge in [-0.15, -0.1) is 0 Å². The lowest BCUT2D eigenvalue weighted by molar-refractivity contribution is 0.0784. The number of hydrogen-bond donors (Lipinski definition) is 1. The summed E-state index contributed by atoms with van der Waals surface area (Å²) in [6, 6.07) is 11.2. The van der Waals surface area contributed by atoms with Crippen LogP contribution in [-0.2, 0) is 6.54 Å². The number of anilines is 1. The highest BCUT2D eigenvalue weighted by molar-refractivity contribution is 5.93. The summed E-state index contributed by atoms with van der Waals surface area (Å²) in [7, 11) is 1.77. The van der Waals surface area contributed by atoms with Gasteiger partial charge in [0.25, 0.3) is 5.91 Å². The number of nitrogens with two attached hydrogens (primary N) is 1. The lowest BCUT2D eigenvalue weighted by Gasteiger charge is -2.17. The highest BCUT2D eigenvalue weighted by Crippen LogP contribution is 2.11. The monoisotopic (exact) mass is 255 g/mol. The fourth-order valence-corrected chi connectivity index (χ4v) is 1.85. The molecule has 1 heterocycles. The quantitative estimate of drug-likeness (QED) is 0.856. The summed E-state index contributed by atoms with van der Waals surface area (Å²) < 4.78 is 0. The van der Waals surface area contributed by atoms with E-state index in [1.54, 1.807) is 24.2 Å². The molecule has 0 saturated carbocycles. The van der Waals surface area contributed by atoms with Crippen LogP contribution < -0.4 is 5.73 Å². The van der Waals surface area contributed by atoms with E-state index in [0.717, 1.165) is 11.3 Å². The summed E-state index contributed by atoms with van der Waals surface area (Å²) in [6.45, 7) is 2.42. The van der Waals surface area contributed by atoms with Gasteiger partial charge >= 0.3 is 0 Å². The third-order valence-corrected chi connectivity index (χ3v) is 2.88. The molecule has 0 bridgehead atoms. The topological polar surface area (TPSA) is 59.2 Å². The standard InChI is InChI=1S/C15H17N3O/c1-11-6-7-13(9-17-11)15(19)18(2)10-12-4-3-5-14(16)8-12/h3-9H,10,16H2,1-2H3. The zero-order valence-electron chi connectivity index (χ0n) is 11.1. The minimum absolute atomic E-state index is 0.0464. The van der Waals surface area contributed by atoms with Gasteiger partial charge in [0, 0.05) is 31.2 Å². The van der Waals surface area contributed by atoms with Crippen molar-refractivity contribution in [2.75, 3.05) is 12.8 Å². The Hall–Kier alpha value is -2.36. The van der Waals surface area contributed by atoms with Crippen LogP contribution in [0.4, 0.5) is 5.69 Å². The Kier molecular flexibility index (Phi) is 3.80. The molecule has 0 fully saturated rings. The SMILES string of the molecule is Cc1ccc(C(=O)N(C)Cc2cccc(N)c2)cn1. The first kappa shape index (κ1) is 13.1. The van der Waals surface area contributed by atoms with Gasteiger partial charge in [-0.25, -0.2) is 0 Å². The molecule has 1 aromatic carbocycles. The van der Waals surface area contributed by atoms with Crippen LogP contribution in [0.3, 0.4) is 0 Å². The first-order valence-corrected chi connectivity index (χ1v) is 6.09. The van der Waals surface area contributed by atoms with E-state index in [9.17, 15) is 4.79 Å². The zero-order chi connectivity index (χ0) is 13.8. The zero-order valence-corrected chi connectivity index (χ0v) is 11.1. The van der Waals surface area contributed by atoms with Crippen LogP contribution >= 0.6 is 0 Å². The molecule has 1 amide bonds. The number of benzene rings is 1. The molecule has 1 aromatic heterocycles. The molecule has 0 saturated heterocycles. The number of pyridine rings is 1. The predicted octanol–water partition coefficient (Wildman–Crippen LogP) is 2.24. The van der Waals surface area contributed by atoms with Crippen molar-refractivity contribution in [3.05, 3.63) is 59.4 Å². The Morgan fingerprint density at radius 3 is 2.74 bits per heavy atom. The highest BCUT2D eigenvalue weighted by Gasteiger charge is 2.12. The molecule has 4 nitrogen and oxygen atoms in total. The molecule has 0 atom stereocenters. The average molecular weight is 255 g/mol. The number of carbonyl (C=O) groups excluding carboxylic acids is 1. The number of nitrogens with zero attached hydrogens (tertiary/aromatic N) is 2. The molecule has 2 rings (SSSR count). The number of carbonyl (C=O) groups is 1. The molecular weight excluding hydrogens is 238 g/mol.